The third-order valence-corrected chi connectivity index (χ3v) is 5.32. The smallest absolute Gasteiger partial charge is 0.330 e. The summed E-state index contributed by atoms with van der Waals surface area (Å²) in [6.07, 6.45) is -0.108. The molecule has 3 N–H and O–H groups in total. The minimum absolute atomic E-state index is 0.0919. The zero-order valence-electron chi connectivity index (χ0n) is 15.2. The van der Waals surface area contributed by atoms with Crippen LogP contribution in [0.15, 0.2) is 18.2 Å². The third-order valence-electron chi connectivity index (χ3n) is 4.99. The molecule has 0 spiro atoms. The number of hydrogen-bond acceptors (Lipinski definition) is 4. The van der Waals surface area contributed by atoms with Crippen LogP contribution >= 0.6 is 11.6 Å². The molecule has 0 saturated heterocycles. The van der Waals surface area contributed by atoms with E-state index < -0.39 is 22.8 Å². The first-order valence-corrected chi connectivity index (χ1v) is 8.67. The fourth-order valence-corrected chi connectivity index (χ4v) is 3.48. The number of rotatable bonds is 6. The van der Waals surface area contributed by atoms with Gasteiger partial charge in [0.15, 0.2) is 0 Å². The van der Waals surface area contributed by atoms with E-state index in [1.165, 1.54) is 19.1 Å². The highest BCUT2D eigenvalue weighted by Crippen LogP contribution is 2.51. The average Bonchev–Trinajstić information content (AvgIpc) is 2.54. The predicted octanol–water partition coefficient (Wildman–Crippen LogP) is 2.69. The first-order valence-electron chi connectivity index (χ1n) is 8.29. The van der Waals surface area contributed by atoms with Crippen LogP contribution < -0.4 is 10.6 Å². The molecule has 1 aliphatic carbocycles. The number of nitrogens with one attached hydrogen (secondary N) is 2. The molecule has 2 unspecified atom stereocenters. The number of carboxylic acid groups (broad SMARTS) is 1. The standard InChI is InChI=1S/C18H23ClN2O5/c1-5-26-14-9-18(16(24)25,17(14,3)4)21-15(23)12-8-11(20-10(2)22)6-7-13(12)19/h6-8,14H,5,9H2,1-4H3,(H,20,22)(H,21,23)(H,24,25). The number of amides is 2. The van der Waals surface area contributed by atoms with E-state index in [2.05, 4.69) is 10.6 Å². The molecule has 1 fully saturated rings. The summed E-state index contributed by atoms with van der Waals surface area (Å²) in [5.74, 6) is -2.03. The summed E-state index contributed by atoms with van der Waals surface area (Å²) in [4.78, 5) is 35.9. The van der Waals surface area contributed by atoms with Gasteiger partial charge in [-0.2, -0.15) is 0 Å². The van der Waals surface area contributed by atoms with Crippen molar-refractivity contribution in [2.75, 3.05) is 11.9 Å². The Morgan fingerprint density at radius 2 is 2.00 bits per heavy atom. The Kier molecular flexibility index (Phi) is 5.63. The molecular formula is C18H23ClN2O5. The molecule has 1 aromatic rings. The van der Waals surface area contributed by atoms with Crippen LogP contribution in [0.3, 0.4) is 0 Å². The van der Waals surface area contributed by atoms with Gasteiger partial charge in [-0.3, -0.25) is 9.59 Å². The van der Waals surface area contributed by atoms with Crippen LogP contribution in [0.2, 0.25) is 5.02 Å². The molecular weight excluding hydrogens is 360 g/mol. The number of ether oxygens (including phenoxy) is 1. The Morgan fingerprint density at radius 1 is 1.35 bits per heavy atom. The van der Waals surface area contributed by atoms with Gasteiger partial charge in [-0.05, 0) is 25.1 Å². The topological polar surface area (TPSA) is 105 Å². The lowest BCUT2D eigenvalue weighted by molar-refractivity contribution is -0.190. The lowest BCUT2D eigenvalue weighted by Gasteiger charge is -2.58. The molecule has 0 aromatic heterocycles. The van der Waals surface area contributed by atoms with E-state index in [1.807, 2.05) is 6.92 Å². The van der Waals surface area contributed by atoms with Gasteiger partial charge in [-0.15, -0.1) is 0 Å². The Labute approximate surface area is 157 Å². The highest BCUT2D eigenvalue weighted by atomic mass is 35.5. The minimum atomic E-state index is -1.46. The van der Waals surface area contributed by atoms with Crippen LogP contribution in [-0.2, 0) is 14.3 Å². The Morgan fingerprint density at radius 3 is 2.50 bits per heavy atom. The van der Waals surface area contributed by atoms with Crippen molar-refractivity contribution >= 4 is 35.1 Å². The second kappa shape index (κ2) is 7.25. The maximum Gasteiger partial charge on any atom is 0.330 e. The number of aliphatic carboxylic acids is 1. The monoisotopic (exact) mass is 382 g/mol. The fourth-order valence-electron chi connectivity index (χ4n) is 3.28. The molecule has 2 rings (SSSR count). The lowest BCUT2D eigenvalue weighted by Crippen LogP contribution is -2.76. The van der Waals surface area contributed by atoms with Crippen molar-refractivity contribution in [3.63, 3.8) is 0 Å². The number of carbonyl (C=O) groups excluding carboxylic acids is 2. The van der Waals surface area contributed by atoms with Gasteiger partial charge in [0.05, 0.1) is 16.7 Å². The summed E-state index contributed by atoms with van der Waals surface area (Å²) in [6.45, 7) is 7.14. The van der Waals surface area contributed by atoms with E-state index in [-0.39, 0.29) is 29.0 Å². The summed E-state index contributed by atoms with van der Waals surface area (Å²) in [6, 6.07) is 4.45. The van der Waals surface area contributed by atoms with Crippen LogP contribution in [0.25, 0.3) is 0 Å². The quantitative estimate of drug-likeness (QED) is 0.701. The number of halogens is 1. The van der Waals surface area contributed by atoms with Crippen LogP contribution in [0.4, 0.5) is 5.69 Å². The molecule has 1 aromatic carbocycles. The van der Waals surface area contributed by atoms with Crippen LogP contribution in [-0.4, -0.2) is 41.1 Å². The average molecular weight is 383 g/mol. The van der Waals surface area contributed by atoms with Crippen molar-refractivity contribution in [1.82, 2.24) is 5.32 Å². The van der Waals surface area contributed by atoms with E-state index >= 15 is 0 Å². The van der Waals surface area contributed by atoms with Gasteiger partial charge >= 0.3 is 5.97 Å². The van der Waals surface area contributed by atoms with Crippen molar-refractivity contribution in [1.29, 1.82) is 0 Å². The van der Waals surface area contributed by atoms with Gasteiger partial charge in [0.1, 0.15) is 5.54 Å². The Bertz CT molecular complexity index is 749. The second-order valence-electron chi connectivity index (χ2n) is 6.91. The number of carbonyl (C=O) groups is 3. The van der Waals surface area contributed by atoms with Crippen molar-refractivity contribution < 1.29 is 24.2 Å². The number of carboxylic acids is 1. The normalized spacial score (nSPS) is 23.7. The highest BCUT2D eigenvalue weighted by molar-refractivity contribution is 6.34. The summed E-state index contributed by atoms with van der Waals surface area (Å²) >= 11 is 6.10. The molecule has 26 heavy (non-hydrogen) atoms. The van der Waals surface area contributed by atoms with Gasteiger partial charge in [-0.1, -0.05) is 25.4 Å². The first kappa shape index (κ1) is 20.2. The highest BCUT2D eigenvalue weighted by Gasteiger charge is 2.66. The lowest BCUT2D eigenvalue weighted by atomic mass is 9.54. The Hall–Kier alpha value is -2.12. The maximum atomic E-state index is 12.8. The minimum Gasteiger partial charge on any atom is -0.479 e. The molecule has 0 heterocycles. The number of anilines is 1. The van der Waals surface area contributed by atoms with Crippen LogP contribution in [0, 0.1) is 5.41 Å². The zero-order chi connectivity index (χ0) is 19.7. The van der Waals surface area contributed by atoms with Gasteiger partial charge in [0.2, 0.25) is 5.91 Å². The van der Waals surface area contributed by atoms with Crippen LogP contribution in [0.5, 0.6) is 0 Å². The van der Waals surface area contributed by atoms with Gasteiger partial charge in [0, 0.05) is 31.1 Å². The molecule has 2 amide bonds. The van der Waals surface area contributed by atoms with Gasteiger partial charge in [0.25, 0.3) is 5.91 Å². The molecule has 8 heteroatoms. The Balaban J connectivity index is 2.30. The molecule has 7 nitrogen and oxygen atoms in total. The molecule has 2 atom stereocenters. The van der Waals surface area contributed by atoms with Crippen molar-refractivity contribution in [2.24, 2.45) is 5.41 Å². The zero-order valence-corrected chi connectivity index (χ0v) is 15.9. The maximum absolute atomic E-state index is 12.8. The summed E-state index contributed by atoms with van der Waals surface area (Å²) < 4.78 is 5.58. The predicted molar refractivity (Wildman–Crippen MR) is 97.4 cm³/mol. The first-order chi connectivity index (χ1) is 12.0. The van der Waals surface area contributed by atoms with E-state index in [4.69, 9.17) is 16.3 Å². The molecule has 1 saturated carbocycles. The van der Waals surface area contributed by atoms with E-state index in [1.54, 1.807) is 19.9 Å². The van der Waals surface area contributed by atoms with Crippen molar-refractivity contribution in [3.05, 3.63) is 28.8 Å². The van der Waals surface area contributed by atoms with E-state index in [9.17, 15) is 19.5 Å². The SMILES string of the molecule is CCOC1CC(NC(=O)c2cc(NC(C)=O)ccc2Cl)(C(=O)O)C1(C)C. The summed E-state index contributed by atoms with van der Waals surface area (Å²) in [5, 5.41) is 15.1. The van der Waals surface area contributed by atoms with E-state index in [0.29, 0.717) is 12.3 Å². The van der Waals surface area contributed by atoms with Crippen LogP contribution in [0.1, 0.15) is 44.5 Å². The fraction of sp³-hybridized carbons (Fsp3) is 0.500. The molecule has 1 aliphatic rings. The molecule has 142 valence electrons. The number of benzene rings is 1. The summed E-state index contributed by atoms with van der Waals surface area (Å²) in [7, 11) is 0. The third kappa shape index (κ3) is 3.41. The molecule has 0 radical (unpaired) electrons. The second-order valence-corrected chi connectivity index (χ2v) is 7.32. The largest absolute Gasteiger partial charge is 0.479 e. The van der Waals surface area contributed by atoms with Crippen molar-refractivity contribution in [2.45, 2.75) is 45.8 Å². The van der Waals surface area contributed by atoms with Gasteiger partial charge < -0.3 is 20.5 Å². The van der Waals surface area contributed by atoms with Crippen molar-refractivity contribution in [3.8, 4) is 0 Å². The van der Waals surface area contributed by atoms with Gasteiger partial charge in [-0.25, -0.2) is 4.79 Å². The summed E-state index contributed by atoms with van der Waals surface area (Å²) in [5.41, 5.74) is -1.77. The molecule has 0 aliphatic heterocycles. The number of hydrogen-bond donors (Lipinski definition) is 3. The van der Waals surface area contributed by atoms with E-state index in [0.717, 1.165) is 0 Å². The molecule has 0 bridgehead atoms.